The van der Waals surface area contributed by atoms with Crippen LogP contribution in [0.25, 0.3) is 0 Å². The molecular weight excluding hydrogens is 262 g/mol. The molecule has 18 heavy (non-hydrogen) atoms. The standard InChI is InChI=1S/C11H8F6O/c1-2-8(18)6-4-3-5-7(10(12,13)14)9(6)11(15,16)17/h3-5H,2H2,1H3. The average molecular weight is 270 g/mol. The minimum absolute atomic E-state index is 0.301. The van der Waals surface area contributed by atoms with Gasteiger partial charge in [0.15, 0.2) is 5.78 Å². The van der Waals surface area contributed by atoms with Crippen LogP contribution in [0.3, 0.4) is 0 Å². The summed E-state index contributed by atoms with van der Waals surface area (Å²) in [6, 6.07) is 1.86. The van der Waals surface area contributed by atoms with Gasteiger partial charge >= 0.3 is 12.4 Å². The lowest BCUT2D eigenvalue weighted by atomic mass is 9.96. The Labute approximate surface area is 98.4 Å². The molecule has 0 amide bonds. The highest BCUT2D eigenvalue weighted by Gasteiger charge is 2.45. The highest BCUT2D eigenvalue weighted by Crippen LogP contribution is 2.42. The summed E-state index contributed by atoms with van der Waals surface area (Å²) >= 11 is 0. The Hall–Kier alpha value is -1.53. The zero-order valence-electron chi connectivity index (χ0n) is 9.12. The molecule has 0 aromatic heterocycles. The predicted molar refractivity (Wildman–Crippen MR) is 51.1 cm³/mol. The fourth-order valence-electron chi connectivity index (χ4n) is 1.52. The molecule has 1 aromatic carbocycles. The van der Waals surface area contributed by atoms with Gasteiger partial charge in [-0.05, 0) is 6.07 Å². The van der Waals surface area contributed by atoms with Crippen molar-refractivity contribution >= 4 is 5.78 Å². The molecule has 0 radical (unpaired) electrons. The van der Waals surface area contributed by atoms with Gasteiger partial charge in [-0.3, -0.25) is 4.79 Å². The van der Waals surface area contributed by atoms with E-state index in [4.69, 9.17) is 0 Å². The van der Waals surface area contributed by atoms with Crippen molar-refractivity contribution in [1.82, 2.24) is 0 Å². The van der Waals surface area contributed by atoms with Crippen molar-refractivity contribution in [3.05, 3.63) is 34.9 Å². The molecule has 0 aliphatic carbocycles. The normalized spacial score (nSPS) is 12.6. The van der Waals surface area contributed by atoms with E-state index in [1.54, 1.807) is 0 Å². The maximum absolute atomic E-state index is 12.7. The molecule has 1 aromatic rings. The van der Waals surface area contributed by atoms with Crippen molar-refractivity contribution in [2.24, 2.45) is 0 Å². The smallest absolute Gasteiger partial charge is 0.294 e. The van der Waals surface area contributed by atoms with Crippen molar-refractivity contribution in [3.63, 3.8) is 0 Å². The molecule has 0 heterocycles. The number of carbonyl (C=O) groups is 1. The summed E-state index contributed by atoms with van der Waals surface area (Å²) in [6.07, 6.45) is -10.7. The van der Waals surface area contributed by atoms with Crippen LogP contribution in [0.1, 0.15) is 34.8 Å². The van der Waals surface area contributed by atoms with Gasteiger partial charge in [-0.2, -0.15) is 26.3 Å². The van der Waals surface area contributed by atoms with E-state index in [1.165, 1.54) is 6.92 Å². The molecule has 0 aliphatic rings. The van der Waals surface area contributed by atoms with Crippen molar-refractivity contribution in [3.8, 4) is 0 Å². The Balaban J connectivity index is 3.61. The monoisotopic (exact) mass is 270 g/mol. The van der Waals surface area contributed by atoms with Crippen LogP contribution in [-0.2, 0) is 12.4 Å². The number of rotatable bonds is 2. The molecule has 7 heteroatoms. The van der Waals surface area contributed by atoms with Gasteiger partial charge in [0.25, 0.3) is 0 Å². The van der Waals surface area contributed by atoms with Crippen LogP contribution in [-0.4, -0.2) is 5.78 Å². The molecule has 1 nitrogen and oxygen atoms in total. The molecule has 100 valence electrons. The van der Waals surface area contributed by atoms with Crippen molar-refractivity contribution in [1.29, 1.82) is 0 Å². The van der Waals surface area contributed by atoms with Gasteiger partial charge in [0.05, 0.1) is 11.1 Å². The molecule has 1 rings (SSSR count). The van der Waals surface area contributed by atoms with Crippen molar-refractivity contribution in [2.45, 2.75) is 25.7 Å². The van der Waals surface area contributed by atoms with Crippen LogP contribution >= 0.6 is 0 Å². The van der Waals surface area contributed by atoms with Crippen LogP contribution < -0.4 is 0 Å². The van der Waals surface area contributed by atoms with E-state index < -0.39 is 34.8 Å². The van der Waals surface area contributed by atoms with E-state index in [2.05, 4.69) is 0 Å². The number of ketones is 1. The topological polar surface area (TPSA) is 17.1 Å². The average Bonchev–Trinajstić information content (AvgIpc) is 2.24. The number of halogens is 6. The molecule has 0 fully saturated rings. The summed E-state index contributed by atoms with van der Waals surface area (Å²) in [5.74, 6) is -0.978. The second-order valence-electron chi connectivity index (χ2n) is 3.50. The first-order chi connectivity index (χ1) is 8.09. The summed E-state index contributed by atoms with van der Waals surface area (Å²) in [5.41, 5.74) is -4.70. The van der Waals surface area contributed by atoms with Crippen molar-refractivity contribution < 1.29 is 31.1 Å². The summed E-state index contributed by atoms with van der Waals surface area (Å²) in [7, 11) is 0. The van der Waals surface area contributed by atoms with E-state index in [9.17, 15) is 31.1 Å². The Bertz CT molecular complexity index is 458. The third kappa shape index (κ3) is 2.83. The molecule has 0 bridgehead atoms. The quantitative estimate of drug-likeness (QED) is 0.578. The first kappa shape index (κ1) is 14.5. The van der Waals surface area contributed by atoms with Gasteiger partial charge in [0, 0.05) is 12.0 Å². The van der Waals surface area contributed by atoms with Crippen LogP contribution in [0, 0.1) is 0 Å². The van der Waals surface area contributed by atoms with Gasteiger partial charge < -0.3 is 0 Å². The molecule has 0 unspecified atom stereocenters. The van der Waals surface area contributed by atoms with E-state index >= 15 is 0 Å². The third-order valence-corrected chi connectivity index (χ3v) is 2.27. The number of Topliss-reactive ketones (excluding diaryl/α,β-unsaturated/α-hetero) is 1. The first-order valence-electron chi connectivity index (χ1n) is 4.89. The Morgan fingerprint density at radius 3 is 2.00 bits per heavy atom. The SMILES string of the molecule is CCC(=O)c1cccc(C(F)(F)F)c1C(F)(F)F. The van der Waals surface area contributed by atoms with Crippen LogP contribution in [0.5, 0.6) is 0 Å². The molecule has 0 saturated carbocycles. The fraction of sp³-hybridized carbons (Fsp3) is 0.364. The number of benzene rings is 1. The lowest BCUT2D eigenvalue weighted by molar-refractivity contribution is -0.162. The molecular formula is C11H8F6O. The predicted octanol–water partition coefficient (Wildman–Crippen LogP) is 4.32. The summed E-state index contributed by atoms with van der Waals surface area (Å²) in [5, 5.41) is 0. The van der Waals surface area contributed by atoms with Crippen LogP contribution in [0.4, 0.5) is 26.3 Å². The van der Waals surface area contributed by atoms with Gasteiger partial charge in [-0.25, -0.2) is 0 Å². The second kappa shape index (κ2) is 4.62. The fourth-order valence-corrected chi connectivity index (χ4v) is 1.52. The second-order valence-corrected chi connectivity index (χ2v) is 3.50. The molecule has 0 saturated heterocycles. The Morgan fingerprint density at radius 2 is 1.61 bits per heavy atom. The van der Waals surface area contributed by atoms with E-state index in [-0.39, 0.29) is 6.42 Å². The van der Waals surface area contributed by atoms with E-state index in [0.29, 0.717) is 6.07 Å². The van der Waals surface area contributed by atoms with Gasteiger partial charge in [0.1, 0.15) is 0 Å². The maximum atomic E-state index is 12.7. The van der Waals surface area contributed by atoms with Gasteiger partial charge in [-0.15, -0.1) is 0 Å². The third-order valence-electron chi connectivity index (χ3n) is 2.27. The number of hydrogen-bond donors (Lipinski definition) is 0. The maximum Gasteiger partial charge on any atom is 0.417 e. The molecule has 0 spiro atoms. The highest BCUT2D eigenvalue weighted by atomic mass is 19.4. The van der Waals surface area contributed by atoms with E-state index in [1.807, 2.05) is 0 Å². The Morgan fingerprint density at radius 1 is 1.06 bits per heavy atom. The van der Waals surface area contributed by atoms with Crippen molar-refractivity contribution in [2.75, 3.05) is 0 Å². The lowest BCUT2D eigenvalue weighted by Gasteiger charge is -2.18. The van der Waals surface area contributed by atoms with E-state index in [0.717, 1.165) is 12.1 Å². The van der Waals surface area contributed by atoms with Gasteiger partial charge in [-0.1, -0.05) is 19.1 Å². The summed E-state index contributed by atoms with van der Waals surface area (Å²) in [6.45, 7) is 1.28. The zero-order chi connectivity index (χ0) is 14.1. The minimum atomic E-state index is -5.23. The first-order valence-corrected chi connectivity index (χ1v) is 4.89. The summed E-state index contributed by atoms with van der Waals surface area (Å²) in [4.78, 5) is 11.3. The van der Waals surface area contributed by atoms with Crippen LogP contribution in [0.15, 0.2) is 18.2 Å². The highest BCUT2D eigenvalue weighted by molar-refractivity contribution is 5.97. The van der Waals surface area contributed by atoms with Crippen LogP contribution in [0.2, 0.25) is 0 Å². The number of carbonyl (C=O) groups excluding carboxylic acids is 1. The number of alkyl halides is 6. The molecule has 0 atom stereocenters. The molecule has 0 aliphatic heterocycles. The number of hydrogen-bond acceptors (Lipinski definition) is 1. The summed E-state index contributed by atoms with van der Waals surface area (Å²) < 4.78 is 75.6. The Kier molecular flexibility index (Phi) is 3.73. The zero-order valence-corrected chi connectivity index (χ0v) is 9.12. The molecule has 0 N–H and O–H groups in total. The minimum Gasteiger partial charge on any atom is -0.294 e. The van der Waals surface area contributed by atoms with Gasteiger partial charge in [0.2, 0.25) is 0 Å². The largest absolute Gasteiger partial charge is 0.417 e. The lowest BCUT2D eigenvalue weighted by Crippen LogP contribution is -2.20.